The summed E-state index contributed by atoms with van der Waals surface area (Å²) in [7, 11) is 0. The van der Waals surface area contributed by atoms with Gasteiger partial charge in [0, 0.05) is 25.9 Å². The van der Waals surface area contributed by atoms with Crippen LogP contribution in [0.15, 0.2) is 0 Å². The van der Waals surface area contributed by atoms with Gasteiger partial charge in [-0.25, -0.2) is 0 Å². The van der Waals surface area contributed by atoms with Crippen LogP contribution < -0.4 is 10.6 Å². The Kier molecular flexibility index (Phi) is 23.9. The van der Waals surface area contributed by atoms with E-state index in [0.29, 0.717) is 44.9 Å². The highest BCUT2D eigenvalue weighted by molar-refractivity contribution is 7.80. The van der Waals surface area contributed by atoms with E-state index in [2.05, 4.69) is 30.2 Å². The van der Waals surface area contributed by atoms with Gasteiger partial charge in [-0.2, -0.15) is 12.6 Å². The predicted molar refractivity (Wildman–Crippen MR) is 130 cm³/mol. The number of ether oxygens (including phenoxy) is 1. The van der Waals surface area contributed by atoms with Crippen molar-refractivity contribution in [2.24, 2.45) is 0 Å². The average Bonchev–Trinajstić information content (AvgIpc) is 2.73. The molecule has 0 bridgehead atoms. The number of thiol groups is 1. The molecule has 178 valence electrons. The van der Waals surface area contributed by atoms with Gasteiger partial charge < -0.3 is 15.4 Å². The molecule has 0 spiro atoms. The highest BCUT2D eigenvalue weighted by Gasteiger charge is 2.01. The lowest BCUT2D eigenvalue weighted by Gasteiger charge is -2.07. The van der Waals surface area contributed by atoms with E-state index in [9.17, 15) is 9.59 Å². The normalized spacial score (nSPS) is 10.9. The molecule has 2 amide bonds. The summed E-state index contributed by atoms with van der Waals surface area (Å²) in [5.41, 5.74) is 0. The molecule has 0 aromatic carbocycles. The maximum Gasteiger partial charge on any atom is 0.220 e. The third-order valence-electron chi connectivity index (χ3n) is 5.23. The van der Waals surface area contributed by atoms with E-state index in [1.54, 1.807) is 0 Å². The fraction of sp³-hybridized carbons (Fsp3) is 0.917. The van der Waals surface area contributed by atoms with Crippen molar-refractivity contribution in [1.82, 2.24) is 10.6 Å². The number of hydrogen-bond donors (Lipinski definition) is 3. The van der Waals surface area contributed by atoms with Crippen LogP contribution in [0.3, 0.4) is 0 Å². The molecule has 5 nitrogen and oxygen atoms in total. The van der Waals surface area contributed by atoms with Crippen LogP contribution in [0.2, 0.25) is 0 Å². The van der Waals surface area contributed by atoms with Crippen LogP contribution >= 0.6 is 12.6 Å². The molecule has 0 rings (SSSR count). The summed E-state index contributed by atoms with van der Waals surface area (Å²) in [6, 6.07) is 0. The molecule has 0 unspecified atom stereocenters. The van der Waals surface area contributed by atoms with Gasteiger partial charge in [-0.1, -0.05) is 90.4 Å². The van der Waals surface area contributed by atoms with E-state index in [0.717, 1.165) is 12.8 Å². The Hall–Kier alpha value is -0.750. The molecule has 30 heavy (non-hydrogen) atoms. The van der Waals surface area contributed by atoms with Crippen molar-refractivity contribution in [2.75, 3.05) is 32.1 Å². The summed E-state index contributed by atoms with van der Waals surface area (Å²) in [6.07, 6.45) is 19.6. The molecule has 0 atom stereocenters. The zero-order valence-corrected chi connectivity index (χ0v) is 20.4. The first-order valence-electron chi connectivity index (χ1n) is 12.4. The van der Waals surface area contributed by atoms with Crippen LogP contribution in [0, 0.1) is 0 Å². The van der Waals surface area contributed by atoms with E-state index >= 15 is 0 Å². The van der Waals surface area contributed by atoms with Gasteiger partial charge in [0.25, 0.3) is 0 Å². The number of carbonyl (C=O) groups excluding carboxylic acids is 2. The third kappa shape index (κ3) is 23.5. The lowest BCUT2D eigenvalue weighted by molar-refractivity contribution is -0.121. The van der Waals surface area contributed by atoms with Gasteiger partial charge in [0.1, 0.15) is 0 Å². The number of unbranched alkanes of at least 4 members (excludes halogenated alkanes) is 13. The minimum absolute atomic E-state index is 0.00457. The van der Waals surface area contributed by atoms with Crippen molar-refractivity contribution in [1.29, 1.82) is 0 Å². The van der Waals surface area contributed by atoms with Gasteiger partial charge in [-0.3, -0.25) is 9.59 Å². The molecule has 0 saturated heterocycles. The van der Waals surface area contributed by atoms with Crippen molar-refractivity contribution < 1.29 is 14.3 Å². The van der Waals surface area contributed by atoms with E-state index in [4.69, 9.17) is 4.74 Å². The Balaban J connectivity index is 3.19. The van der Waals surface area contributed by atoms with Crippen molar-refractivity contribution in [3.63, 3.8) is 0 Å². The summed E-state index contributed by atoms with van der Waals surface area (Å²) in [5, 5.41) is 5.64. The summed E-state index contributed by atoms with van der Waals surface area (Å²) in [5.74, 6) is 0.660. The quantitative estimate of drug-likeness (QED) is 0.145. The minimum Gasteiger partial charge on any atom is -0.378 e. The van der Waals surface area contributed by atoms with E-state index in [-0.39, 0.29) is 11.8 Å². The third-order valence-corrected chi connectivity index (χ3v) is 5.46. The van der Waals surface area contributed by atoms with Gasteiger partial charge in [-0.15, -0.1) is 0 Å². The first-order valence-corrected chi connectivity index (χ1v) is 13.1. The fourth-order valence-corrected chi connectivity index (χ4v) is 3.59. The zero-order chi connectivity index (χ0) is 22.1. The van der Waals surface area contributed by atoms with Crippen LogP contribution in [-0.2, 0) is 14.3 Å². The SMILES string of the molecule is CCCCCCCCCCCCCCCCC(=O)NCCOCCNC(=O)CCS. The Morgan fingerprint density at radius 1 is 0.633 bits per heavy atom. The molecular weight excluding hydrogens is 396 g/mol. The van der Waals surface area contributed by atoms with Crippen LogP contribution in [-0.4, -0.2) is 43.9 Å². The zero-order valence-electron chi connectivity index (χ0n) is 19.5. The molecule has 0 fully saturated rings. The summed E-state index contributed by atoms with van der Waals surface area (Å²) in [4.78, 5) is 23.0. The van der Waals surface area contributed by atoms with E-state index in [1.807, 2.05) is 0 Å². The van der Waals surface area contributed by atoms with Gasteiger partial charge in [0.15, 0.2) is 0 Å². The van der Waals surface area contributed by atoms with E-state index in [1.165, 1.54) is 77.0 Å². The van der Waals surface area contributed by atoms with Crippen molar-refractivity contribution >= 4 is 24.4 Å². The summed E-state index contributed by atoms with van der Waals surface area (Å²) >= 11 is 4.01. The van der Waals surface area contributed by atoms with Gasteiger partial charge in [0.05, 0.1) is 13.2 Å². The van der Waals surface area contributed by atoms with Gasteiger partial charge in [0.2, 0.25) is 11.8 Å². The van der Waals surface area contributed by atoms with E-state index < -0.39 is 0 Å². The van der Waals surface area contributed by atoms with Crippen LogP contribution in [0.4, 0.5) is 0 Å². The Morgan fingerprint density at radius 2 is 1.03 bits per heavy atom. The Bertz CT molecular complexity index is 395. The first-order chi connectivity index (χ1) is 14.7. The molecule has 0 aliphatic heterocycles. The second-order valence-corrected chi connectivity index (χ2v) is 8.58. The van der Waals surface area contributed by atoms with Crippen LogP contribution in [0.25, 0.3) is 0 Å². The number of hydrogen-bond acceptors (Lipinski definition) is 4. The van der Waals surface area contributed by atoms with Crippen LogP contribution in [0.5, 0.6) is 0 Å². The monoisotopic (exact) mass is 444 g/mol. The molecule has 6 heteroatoms. The van der Waals surface area contributed by atoms with Crippen molar-refractivity contribution in [3.8, 4) is 0 Å². The predicted octanol–water partition coefficient (Wildman–Crippen LogP) is 5.43. The smallest absolute Gasteiger partial charge is 0.220 e. The highest BCUT2D eigenvalue weighted by Crippen LogP contribution is 2.13. The van der Waals surface area contributed by atoms with Gasteiger partial charge in [-0.05, 0) is 12.2 Å². The largest absolute Gasteiger partial charge is 0.378 e. The second kappa shape index (κ2) is 24.5. The van der Waals surface area contributed by atoms with Crippen LogP contribution in [0.1, 0.15) is 110 Å². The molecule has 0 aliphatic carbocycles. The van der Waals surface area contributed by atoms with Crippen molar-refractivity contribution in [3.05, 3.63) is 0 Å². The number of amides is 2. The maximum absolute atomic E-state index is 11.8. The summed E-state index contributed by atoms with van der Waals surface area (Å²) < 4.78 is 5.39. The second-order valence-electron chi connectivity index (χ2n) is 8.13. The maximum atomic E-state index is 11.8. The topological polar surface area (TPSA) is 67.4 Å². The Morgan fingerprint density at radius 3 is 1.47 bits per heavy atom. The molecular formula is C24H48N2O3S. The molecule has 0 radical (unpaired) electrons. The standard InChI is InChI=1S/C24H48N2O3S/c1-2-3-4-5-6-7-8-9-10-11-12-13-14-15-16-23(27)25-18-20-29-21-19-26-24(28)17-22-30/h30H,2-22H2,1H3,(H,25,27)(H,26,28). The Labute approximate surface area is 191 Å². The molecule has 0 saturated carbocycles. The van der Waals surface area contributed by atoms with Gasteiger partial charge >= 0.3 is 0 Å². The molecule has 0 heterocycles. The molecule has 2 N–H and O–H groups in total. The molecule has 0 aromatic rings. The fourth-order valence-electron chi connectivity index (χ4n) is 3.39. The lowest BCUT2D eigenvalue weighted by atomic mass is 10.0. The first kappa shape index (κ1) is 29.2. The number of rotatable bonds is 23. The summed E-state index contributed by atoms with van der Waals surface area (Å²) in [6.45, 7) is 4.24. The molecule has 0 aliphatic rings. The number of nitrogens with one attached hydrogen (secondary N) is 2. The van der Waals surface area contributed by atoms with Crippen molar-refractivity contribution in [2.45, 2.75) is 110 Å². The average molecular weight is 445 g/mol. The highest BCUT2D eigenvalue weighted by atomic mass is 32.1. The number of carbonyl (C=O) groups is 2. The molecule has 0 aromatic heterocycles. The lowest BCUT2D eigenvalue weighted by Crippen LogP contribution is -2.30. The minimum atomic E-state index is -0.00457.